The van der Waals surface area contributed by atoms with Gasteiger partial charge in [0.2, 0.25) is 0 Å². The van der Waals surface area contributed by atoms with Gasteiger partial charge in [-0.3, -0.25) is 14.4 Å². The lowest BCUT2D eigenvalue weighted by Crippen LogP contribution is -2.42. The van der Waals surface area contributed by atoms with Crippen molar-refractivity contribution in [3.8, 4) is 0 Å². The molecule has 1 aliphatic carbocycles. The molecule has 118 valence electrons. The zero-order valence-electron chi connectivity index (χ0n) is 12.5. The van der Waals surface area contributed by atoms with E-state index in [4.69, 9.17) is 9.47 Å². The van der Waals surface area contributed by atoms with Gasteiger partial charge in [-0.05, 0) is 25.0 Å². The van der Waals surface area contributed by atoms with Crippen molar-refractivity contribution in [2.75, 3.05) is 14.2 Å². The first-order chi connectivity index (χ1) is 10.6. The predicted octanol–water partition coefficient (Wildman–Crippen LogP) is 2.09. The summed E-state index contributed by atoms with van der Waals surface area (Å²) in [7, 11) is 2.56. The van der Waals surface area contributed by atoms with Crippen molar-refractivity contribution in [2.45, 2.75) is 23.0 Å². The summed E-state index contributed by atoms with van der Waals surface area (Å²) in [6, 6.07) is 9.44. The molecule has 0 N–H and O–H groups in total. The highest BCUT2D eigenvalue weighted by molar-refractivity contribution is 8.00. The Hall–Kier alpha value is -1.82. The van der Waals surface area contributed by atoms with E-state index >= 15 is 0 Å². The molecule has 0 aromatic heterocycles. The molecule has 3 unspecified atom stereocenters. The number of hydrogen-bond acceptors (Lipinski definition) is 6. The van der Waals surface area contributed by atoms with Crippen molar-refractivity contribution in [3.05, 3.63) is 30.3 Å². The van der Waals surface area contributed by atoms with Crippen LogP contribution in [0, 0.1) is 11.8 Å². The number of hydrogen-bond donors (Lipinski definition) is 0. The van der Waals surface area contributed by atoms with Crippen LogP contribution in [0.5, 0.6) is 0 Å². The average Bonchev–Trinajstić information content (AvgIpc) is 2.56. The van der Waals surface area contributed by atoms with Crippen molar-refractivity contribution < 1.29 is 23.9 Å². The van der Waals surface area contributed by atoms with Gasteiger partial charge in [0.1, 0.15) is 5.92 Å². The van der Waals surface area contributed by atoms with E-state index in [1.165, 1.54) is 26.0 Å². The number of rotatable bonds is 4. The molecule has 0 bridgehead atoms. The number of methoxy groups -OCH3 is 2. The standard InChI is InChI=1S/C16H18O5S/c1-20-15(18)10-8-12(16(19)21-2)14(17)13(9-10)22-11-6-4-3-5-7-11/h3-7,10,12-13H,8-9H2,1-2H3. The Labute approximate surface area is 133 Å². The summed E-state index contributed by atoms with van der Waals surface area (Å²) in [6.07, 6.45) is 0.530. The maximum Gasteiger partial charge on any atom is 0.316 e. The van der Waals surface area contributed by atoms with E-state index < -0.39 is 23.1 Å². The number of thioether (sulfide) groups is 1. The van der Waals surface area contributed by atoms with Gasteiger partial charge < -0.3 is 9.47 Å². The van der Waals surface area contributed by atoms with E-state index in [1.807, 2.05) is 30.3 Å². The van der Waals surface area contributed by atoms with Crippen molar-refractivity contribution in [3.63, 3.8) is 0 Å². The first-order valence-corrected chi connectivity index (χ1v) is 7.85. The van der Waals surface area contributed by atoms with Gasteiger partial charge in [0.05, 0.1) is 25.4 Å². The Bertz CT molecular complexity index is 557. The zero-order valence-corrected chi connectivity index (χ0v) is 13.3. The van der Waals surface area contributed by atoms with Crippen LogP contribution in [-0.2, 0) is 23.9 Å². The van der Waals surface area contributed by atoms with Crippen LogP contribution in [0.3, 0.4) is 0 Å². The SMILES string of the molecule is COC(=O)C1CC(Sc2ccccc2)C(=O)C(C(=O)OC)C1. The van der Waals surface area contributed by atoms with Crippen molar-refractivity contribution in [2.24, 2.45) is 11.8 Å². The lowest BCUT2D eigenvalue weighted by Gasteiger charge is -2.30. The summed E-state index contributed by atoms with van der Waals surface area (Å²) in [5, 5.41) is -0.454. The number of esters is 2. The van der Waals surface area contributed by atoms with E-state index in [9.17, 15) is 14.4 Å². The van der Waals surface area contributed by atoms with Gasteiger partial charge in [0.25, 0.3) is 0 Å². The third-order valence-corrected chi connectivity index (χ3v) is 4.97. The van der Waals surface area contributed by atoms with Gasteiger partial charge >= 0.3 is 11.9 Å². The molecule has 0 amide bonds. The minimum absolute atomic E-state index is 0.157. The first kappa shape index (κ1) is 16.5. The summed E-state index contributed by atoms with van der Waals surface area (Å²) in [4.78, 5) is 37.1. The number of carbonyl (C=O) groups excluding carboxylic acids is 3. The Kier molecular flexibility index (Phi) is 5.60. The van der Waals surface area contributed by atoms with Crippen LogP contribution < -0.4 is 0 Å². The van der Waals surface area contributed by atoms with Gasteiger partial charge in [0, 0.05) is 4.90 Å². The molecule has 0 spiro atoms. The van der Waals surface area contributed by atoms with E-state index in [-0.39, 0.29) is 18.2 Å². The van der Waals surface area contributed by atoms with E-state index in [0.717, 1.165) is 4.90 Å². The molecule has 0 radical (unpaired) electrons. The molecule has 1 saturated carbocycles. The lowest BCUT2D eigenvalue weighted by atomic mass is 9.80. The summed E-state index contributed by atoms with van der Waals surface area (Å²) in [5.74, 6) is -2.52. The van der Waals surface area contributed by atoms with Crippen molar-refractivity contribution in [1.82, 2.24) is 0 Å². The van der Waals surface area contributed by atoms with Gasteiger partial charge in [-0.2, -0.15) is 0 Å². The van der Waals surface area contributed by atoms with Crippen LogP contribution in [0.15, 0.2) is 35.2 Å². The quantitative estimate of drug-likeness (QED) is 0.624. The molecule has 6 heteroatoms. The smallest absolute Gasteiger partial charge is 0.316 e. The summed E-state index contributed by atoms with van der Waals surface area (Å²) >= 11 is 1.37. The van der Waals surface area contributed by atoms with Crippen LogP contribution in [-0.4, -0.2) is 37.2 Å². The number of ketones is 1. The van der Waals surface area contributed by atoms with Crippen molar-refractivity contribution in [1.29, 1.82) is 0 Å². The third kappa shape index (κ3) is 3.68. The van der Waals surface area contributed by atoms with Crippen LogP contribution in [0.4, 0.5) is 0 Å². The molecule has 5 nitrogen and oxygen atoms in total. The third-order valence-electron chi connectivity index (χ3n) is 3.72. The molecular formula is C16H18O5S. The highest BCUT2D eigenvalue weighted by Crippen LogP contribution is 2.37. The topological polar surface area (TPSA) is 69.7 Å². The largest absolute Gasteiger partial charge is 0.469 e. The van der Waals surface area contributed by atoms with E-state index in [1.54, 1.807) is 0 Å². The minimum Gasteiger partial charge on any atom is -0.469 e. The molecule has 1 fully saturated rings. The van der Waals surface area contributed by atoms with Crippen LogP contribution in [0.25, 0.3) is 0 Å². The molecule has 0 saturated heterocycles. The Balaban J connectivity index is 2.20. The molecular weight excluding hydrogens is 304 g/mol. The molecule has 1 aromatic carbocycles. The predicted molar refractivity (Wildman–Crippen MR) is 81.3 cm³/mol. The minimum atomic E-state index is -0.899. The van der Waals surface area contributed by atoms with Gasteiger partial charge in [-0.1, -0.05) is 18.2 Å². The van der Waals surface area contributed by atoms with Gasteiger partial charge in [0.15, 0.2) is 5.78 Å². The molecule has 3 atom stereocenters. The number of benzene rings is 1. The van der Waals surface area contributed by atoms with Gasteiger partial charge in [-0.25, -0.2) is 0 Å². The van der Waals surface area contributed by atoms with Crippen LogP contribution in [0.2, 0.25) is 0 Å². The zero-order chi connectivity index (χ0) is 16.1. The first-order valence-electron chi connectivity index (χ1n) is 6.98. The summed E-state index contributed by atoms with van der Waals surface area (Å²) < 4.78 is 9.47. The molecule has 22 heavy (non-hydrogen) atoms. The Morgan fingerprint density at radius 3 is 2.27 bits per heavy atom. The maximum absolute atomic E-state index is 12.5. The normalized spacial score (nSPS) is 24.6. The maximum atomic E-state index is 12.5. The number of carbonyl (C=O) groups is 3. The number of ether oxygens (including phenoxy) is 2. The molecule has 0 heterocycles. The lowest BCUT2D eigenvalue weighted by molar-refractivity contribution is -0.154. The fraction of sp³-hybridized carbons (Fsp3) is 0.438. The Morgan fingerprint density at radius 2 is 1.68 bits per heavy atom. The highest BCUT2D eigenvalue weighted by atomic mass is 32.2. The van der Waals surface area contributed by atoms with Gasteiger partial charge in [-0.15, -0.1) is 11.8 Å². The van der Waals surface area contributed by atoms with E-state index in [2.05, 4.69) is 0 Å². The fourth-order valence-corrected chi connectivity index (χ4v) is 3.83. The summed E-state index contributed by atoms with van der Waals surface area (Å²) in [6.45, 7) is 0. The van der Waals surface area contributed by atoms with Crippen molar-refractivity contribution >= 4 is 29.5 Å². The highest BCUT2D eigenvalue weighted by Gasteiger charge is 2.44. The second-order valence-corrected chi connectivity index (χ2v) is 6.37. The second kappa shape index (κ2) is 7.45. The molecule has 0 aliphatic heterocycles. The van der Waals surface area contributed by atoms with E-state index in [0.29, 0.717) is 6.42 Å². The second-order valence-electron chi connectivity index (χ2n) is 5.09. The summed E-state index contributed by atoms with van der Waals surface area (Å²) in [5.41, 5.74) is 0. The van der Waals surface area contributed by atoms with Crippen LogP contribution >= 0.6 is 11.8 Å². The monoisotopic (exact) mass is 322 g/mol. The number of Topliss-reactive ketones (excluding diaryl/α,β-unsaturated/α-hetero) is 1. The van der Waals surface area contributed by atoms with Crippen LogP contribution in [0.1, 0.15) is 12.8 Å². The average molecular weight is 322 g/mol. The molecule has 2 rings (SSSR count). The fourth-order valence-electron chi connectivity index (χ4n) is 2.58. The molecule has 1 aromatic rings. The molecule has 1 aliphatic rings. The Morgan fingerprint density at radius 1 is 1.05 bits per heavy atom.